The summed E-state index contributed by atoms with van der Waals surface area (Å²) in [4.78, 5) is 21.5. The summed E-state index contributed by atoms with van der Waals surface area (Å²) in [6.45, 7) is 8.61. The molecule has 1 atom stereocenters. The van der Waals surface area contributed by atoms with Crippen LogP contribution in [0.4, 0.5) is 0 Å². The smallest absolute Gasteiger partial charge is 0.255 e. The molecule has 0 aromatic carbocycles. The van der Waals surface area contributed by atoms with E-state index in [0.717, 1.165) is 32.0 Å². The Labute approximate surface area is 133 Å². The Hall–Kier alpha value is -1.42. The van der Waals surface area contributed by atoms with Crippen LogP contribution < -0.4 is 0 Å². The highest BCUT2D eigenvalue weighted by molar-refractivity contribution is 5.93. The lowest BCUT2D eigenvalue weighted by Crippen LogP contribution is -2.46. The fourth-order valence-corrected chi connectivity index (χ4v) is 3.41. The molecule has 1 aliphatic carbocycles. The minimum atomic E-state index is 0.132. The van der Waals surface area contributed by atoms with Crippen molar-refractivity contribution in [2.24, 2.45) is 11.8 Å². The second-order valence-electron chi connectivity index (χ2n) is 7.10. The Morgan fingerprint density at radius 2 is 2.18 bits per heavy atom. The first kappa shape index (κ1) is 15.5. The fourth-order valence-electron chi connectivity index (χ4n) is 3.41. The van der Waals surface area contributed by atoms with Crippen molar-refractivity contribution in [2.45, 2.75) is 39.2 Å². The van der Waals surface area contributed by atoms with Crippen LogP contribution in [0.15, 0.2) is 24.5 Å². The number of nitrogens with zero attached hydrogens (tertiary/aromatic N) is 3. The van der Waals surface area contributed by atoms with E-state index in [-0.39, 0.29) is 5.91 Å². The lowest BCUT2D eigenvalue weighted by atomic mass is 10.0. The van der Waals surface area contributed by atoms with Crippen molar-refractivity contribution < 1.29 is 4.79 Å². The van der Waals surface area contributed by atoms with Crippen LogP contribution in [0.1, 0.15) is 43.5 Å². The van der Waals surface area contributed by atoms with Crippen molar-refractivity contribution >= 4 is 5.91 Å². The average Bonchev–Trinajstić information content (AvgIpc) is 3.35. The number of pyridine rings is 1. The predicted octanol–water partition coefficient (Wildman–Crippen LogP) is 2.66. The molecule has 1 saturated carbocycles. The maximum atomic E-state index is 12.7. The average molecular weight is 301 g/mol. The van der Waals surface area contributed by atoms with E-state index in [0.29, 0.717) is 17.5 Å². The van der Waals surface area contributed by atoms with E-state index in [2.05, 4.69) is 23.7 Å². The molecule has 1 saturated heterocycles. The highest BCUT2D eigenvalue weighted by Crippen LogP contribution is 2.32. The van der Waals surface area contributed by atoms with Crippen LogP contribution in [-0.2, 0) is 0 Å². The van der Waals surface area contributed by atoms with Crippen molar-refractivity contribution in [1.82, 2.24) is 14.8 Å². The van der Waals surface area contributed by atoms with E-state index in [1.807, 2.05) is 17.0 Å². The van der Waals surface area contributed by atoms with Gasteiger partial charge in [-0.3, -0.25) is 14.7 Å². The second kappa shape index (κ2) is 6.78. The van der Waals surface area contributed by atoms with Gasteiger partial charge in [0.15, 0.2) is 0 Å². The fraction of sp³-hybridized carbons (Fsp3) is 0.667. The summed E-state index contributed by atoms with van der Waals surface area (Å²) < 4.78 is 0. The number of carbonyl (C=O) groups is 1. The monoisotopic (exact) mass is 301 g/mol. The molecule has 4 heteroatoms. The number of amides is 1. The largest absolute Gasteiger partial charge is 0.337 e. The number of hydrogen-bond acceptors (Lipinski definition) is 3. The molecule has 1 aliphatic heterocycles. The van der Waals surface area contributed by atoms with E-state index in [1.54, 1.807) is 12.4 Å². The first-order chi connectivity index (χ1) is 10.6. The van der Waals surface area contributed by atoms with Gasteiger partial charge in [-0.25, -0.2) is 0 Å². The zero-order valence-corrected chi connectivity index (χ0v) is 13.7. The molecule has 1 aromatic heterocycles. The van der Waals surface area contributed by atoms with Gasteiger partial charge >= 0.3 is 0 Å². The van der Waals surface area contributed by atoms with Crippen LogP contribution in [0.25, 0.3) is 0 Å². The van der Waals surface area contributed by atoms with Gasteiger partial charge in [-0.05, 0) is 43.2 Å². The molecule has 0 bridgehead atoms. The Morgan fingerprint density at radius 1 is 1.36 bits per heavy atom. The van der Waals surface area contributed by atoms with Gasteiger partial charge in [0.1, 0.15) is 0 Å². The van der Waals surface area contributed by atoms with Crippen LogP contribution in [0.5, 0.6) is 0 Å². The van der Waals surface area contributed by atoms with E-state index < -0.39 is 0 Å². The van der Waals surface area contributed by atoms with Crippen molar-refractivity contribution in [1.29, 1.82) is 0 Å². The molecule has 0 radical (unpaired) electrons. The van der Waals surface area contributed by atoms with Crippen LogP contribution in [0.3, 0.4) is 0 Å². The zero-order chi connectivity index (χ0) is 15.5. The van der Waals surface area contributed by atoms with Gasteiger partial charge in [-0.2, -0.15) is 0 Å². The number of rotatable bonds is 4. The number of carbonyl (C=O) groups excluding carboxylic acids is 1. The lowest BCUT2D eigenvalue weighted by Gasteiger charge is -2.34. The molecular weight excluding hydrogens is 274 g/mol. The molecular formula is C18H27N3O. The minimum Gasteiger partial charge on any atom is -0.337 e. The molecule has 2 aliphatic rings. The van der Waals surface area contributed by atoms with Gasteiger partial charge < -0.3 is 4.90 Å². The summed E-state index contributed by atoms with van der Waals surface area (Å²) in [5, 5.41) is 0. The van der Waals surface area contributed by atoms with Crippen LogP contribution >= 0.6 is 0 Å². The third kappa shape index (κ3) is 3.67. The molecule has 1 aromatic rings. The molecule has 3 rings (SSSR count). The van der Waals surface area contributed by atoms with Crippen LogP contribution in [0, 0.1) is 11.8 Å². The molecule has 0 N–H and O–H groups in total. The number of aromatic nitrogens is 1. The second-order valence-corrected chi connectivity index (χ2v) is 7.10. The first-order valence-electron chi connectivity index (χ1n) is 8.58. The lowest BCUT2D eigenvalue weighted by molar-refractivity contribution is 0.0704. The minimum absolute atomic E-state index is 0.132. The van der Waals surface area contributed by atoms with Crippen molar-refractivity contribution in [3.63, 3.8) is 0 Å². The van der Waals surface area contributed by atoms with Gasteiger partial charge in [-0.1, -0.05) is 13.8 Å². The Kier molecular flexibility index (Phi) is 4.77. The summed E-state index contributed by atoms with van der Waals surface area (Å²) in [7, 11) is 0. The Balaban J connectivity index is 1.72. The molecule has 2 fully saturated rings. The maximum absolute atomic E-state index is 12.7. The van der Waals surface area contributed by atoms with Gasteiger partial charge in [0.2, 0.25) is 0 Å². The standard InChI is InChI=1S/C18H27N3O/c1-14(2)17-13-21(18(22)16-5-3-8-19-11-16)10-4-9-20(17)12-15-6-7-15/h3,5,8,11,14-15,17H,4,6-7,9-10,12-13H2,1-2H3/t17-/m0/s1. The predicted molar refractivity (Wildman–Crippen MR) is 87.7 cm³/mol. The third-order valence-electron chi connectivity index (χ3n) is 4.90. The third-order valence-corrected chi connectivity index (χ3v) is 4.90. The normalized spacial score (nSPS) is 23.6. The highest BCUT2D eigenvalue weighted by atomic mass is 16.2. The van der Waals surface area contributed by atoms with E-state index >= 15 is 0 Å². The molecule has 22 heavy (non-hydrogen) atoms. The van der Waals surface area contributed by atoms with Gasteiger partial charge in [0.25, 0.3) is 5.91 Å². The number of hydrogen-bond donors (Lipinski definition) is 0. The summed E-state index contributed by atoms with van der Waals surface area (Å²) in [5.41, 5.74) is 0.709. The summed E-state index contributed by atoms with van der Waals surface area (Å²) in [6, 6.07) is 4.18. The van der Waals surface area contributed by atoms with Crippen LogP contribution in [0.2, 0.25) is 0 Å². The zero-order valence-electron chi connectivity index (χ0n) is 13.7. The topological polar surface area (TPSA) is 36.4 Å². The highest BCUT2D eigenvalue weighted by Gasteiger charge is 2.33. The van der Waals surface area contributed by atoms with Crippen molar-refractivity contribution in [2.75, 3.05) is 26.2 Å². The van der Waals surface area contributed by atoms with Gasteiger partial charge in [0, 0.05) is 44.6 Å². The summed E-state index contributed by atoms with van der Waals surface area (Å²) in [6.07, 6.45) is 7.24. The van der Waals surface area contributed by atoms with E-state index in [1.165, 1.54) is 19.4 Å². The van der Waals surface area contributed by atoms with Crippen molar-refractivity contribution in [3.05, 3.63) is 30.1 Å². The van der Waals surface area contributed by atoms with E-state index in [4.69, 9.17) is 0 Å². The Morgan fingerprint density at radius 3 is 2.82 bits per heavy atom. The molecule has 0 spiro atoms. The molecule has 4 nitrogen and oxygen atoms in total. The SMILES string of the molecule is CC(C)[C@@H]1CN(C(=O)c2cccnc2)CCCN1CC1CC1. The summed E-state index contributed by atoms with van der Waals surface area (Å²) in [5.74, 6) is 1.61. The quantitative estimate of drug-likeness (QED) is 0.858. The Bertz CT molecular complexity index is 498. The molecule has 2 heterocycles. The van der Waals surface area contributed by atoms with Crippen LogP contribution in [-0.4, -0.2) is 52.9 Å². The van der Waals surface area contributed by atoms with Crippen molar-refractivity contribution in [3.8, 4) is 0 Å². The van der Waals surface area contributed by atoms with E-state index in [9.17, 15) is 4.79 Å². The first-order valence-corrected chi connectivity index (χ1v) is 8.58. The molecule has 1 amide bonds. The maximum Gasteiger partial charge on any atom is 0.255 e. The summed E-state index contributed by atoms with van der Waals surface area (Å²) >= 11 is 0. The van der Waals surface area contributed by atoms with Gasteiger partial charge in [-0.15, -0.1) is 0 Å². The molecule has 0 unspecified atom stereocenters. The van der Waals surface area contributed by atoms with Gasteiger partial charge in [0.05, 0.1) is 5.56 Å². The molecule has 120 valence electrons.